The molecule has 1 saturated carbocycles. The Morgan fingerprint density at radius 1 is 1.37 bits per heavy atom. The van der Waals surface area contributed by atoms with E-state index >= 15 is 0 Å². The molecule has 102 valence electrons. The zero-order chi connectivity index (χ0) is 13.6. The first-order valence-corrected chi connectivity index (χ1v) is 7.66. The van der Waals surface area contributed by atoms with Gasteiger partial charge in [0.15, 0.2) is 0 Å². The van der Waals surface area contributed by atoms with Crippen LogP contribution in [0.2, 0.25) is 5.02 Å². The minimum absolute atomic E-state index is 0.0268. The van der Waals surface area contributed by atoms with Gasteiger partial charge in [-0.3, -0.25) is 4.79 Å². The van der Waals surface area contributed by atoms with E-state index in [0.717, 1.165) is 23.9 Å². The second-order valence-electron chi connectivity index (χ2n) is 5.41. The molecule has 3 unspecified atom stereocenters. The second kappa shape index (κ2) is 5.08. The van der Waals surface area contributed by atoms with Crippen LogP contribution < -0.4 is 0 Å². The van der Waals surface area contributed by atoms with Crippen LogP contribution in [0.15, 0.2) is 22.7 Å². The lowest BCUT2D eigenvalue weighted by Gasteiger charge is -2.18. The SMILES string of the molecule is O=C(c1ccc(Cl)c(Br)c1)N1CC2CCC(O)C2C1. The van der Waals surface area contributed by atoms with Crippen LogP contribution in [0.1, 0.15) is 23.2 Å². The number of amides is 1. The van der Waals surface area contributed by atoms with Gasteiger partial charge in [0.25, 0.3) is 5.91 Å². The monoisotopic (exact) mass is 343 g/mol. The highest BCUT2D eigenvalue weighted by atomic mass is 79.9. The van der Waals surface area contributed by atoms with Gasteiger partial charge in [0.2, 0.25) is 0 Å². The zero-order valence-corrected chi connectivity index (χ0v) is 12.7. The Morgan fingerprint density at radius 3 is 2.84 bits per heavy atom. The molecule has 0 spiro atoms. The van der Waals surface area contributed by atoms with Crippen LogP contribution in [-0.4, -0.2) is 35.1 Å². The van der Waals surface area contributed by atoms with Crippen molar-refractivity contribution in [1.82, 2.24) is 4.90 Å². The summed E-state index contributed by atoms with van der Waals surface area (Å²) in [5.41, 5.74) is 0.644. The quantitative estimate of drug-likeness (QED) is 0.851. The fourth-order valence-corrected chi connectivity index (χ4v) is 3.71. The van der Waals surface area contributed by atoms with Crippen molar-refractivity contribution in [3.63, 3.8) is 0 Å². The summed E-state index contributed by atoms with van der Waals surface area (Å²) in [6.07, 6.45) is 1.67. The minimum Gasteiger partial charge on any atom is -0.393 e. The van der Waals surface area contributed by atoms with Crippen LogP contribution in [0.25, 0.3) is 0 Å². The third kappa shape index (κ3) is 2.41. The summed E-state index contributed by atoms with van der Waals surface area (Å²) in [5.74, 6) is 0.758. The highest BCUT2D eigenvalue weighted by Crippen LogP contribution is 2.38. The highest BCUT2D eigenvalue weighted by Gasteiger charge is 2.43. The van der Waals surface area contributed by atoms with Gasteiger partial charge in [-0.2, -0.15) is 0 Å². The molecule has 3 atom stereocenters. The molecule has 2 aliphatic rings. The predicted molar refractivity (Wildman–Crippen MR) is 77.3 cm³/mol. The van der Waals surface area contributed by atoms with Crippen molar-refractivity contribution in [1.29, 1.82) is 0 Å². The minimum atomic E-state index is -0.236. The van der Waals surface area contributed by atoms with Gasteiger partial charge in [0.05, 0.1) is 11.1 Å². The number of benzene rings is 1. The molecular formula is C14H15BrClNO2. The smallest absolute Gasteiger partial charge is 0.253 e. The maximum atomic E-state index is 12.4. The summed E-state index contributed by atoms with van der Waals surface area (Å²) >= 11 is 9.28. The van der Waals surface area contributed by atoms with Crippen molar-refractivity contribution in [2.45, 2.75) is 18.9 Å². The molecule has 1 aliphatic heterocycles. The molecule has 19 heavy (non-hydrogen) atoms. The van der Waals surface area contributed by atoms with E-state index in [2.05, 4.69) is 15.9 Å². The maximum absolute atomic E-state index is 12.4. The van der Waals surface area contributed by atoms with Gasteiger partial charge in [0.1, 0.15) is 0 Å². The molecule has 1 aromatic carbocycles. The summed E-state index contributed by atoms with van der Waals surface area (Å²) in [6, 6.07) is 5.24. The van der Waals surface area contributed by atoms with E-state index < -0.39 is 0 Å². The number of aliphatic hydroxyl groups is 1. The highest BCUT2D eigenvalue weighted by molar-refractivity contribution is 9.10. The second-order valence-corrected chi connectivity index (χ2v) is 6.67. The van der Waals surface area contributed by atoms with Crippen LogP contribution in [0, 0.1) is 11.8 Å². The molecule has 3 nitrogen and oxygen atoms in total. The average Bonchev–Trinajstić information content (AvgIpc) is 2.95. The van der Waals surface area contributed by atoms with Crippen molar-refractivity contribution in [2.75, 3.05) is 13.1 Å². The Balaban J connectivity index is 1.76. The van der Waals surface area contributed by atoms with Crippen LogP contribution in [-0.2, 0) is 0 Å². The summed E-state index contributed by atoms with van der Waals surface area (Å²) < 4.78 is 0.736. The van der Waals surface area contributed by atoms with E-state index in [0.29, 0.717) is 23.0 Å². The summed E-state index contributed by atoms with van der Waals surface area (Å²) in [5, 5.41) is 10.5. The van der Waals surface area contributed by atoms with Crippen LogP contribution >= 0.6 is 27.5 Å². The Hall–Kier alpha value is -0.580. The molecule has 0 radical (unpaired) electrons. The molecule has 0 bridgehead atoms. The van der Waals surface area contributed by atoms with Crippen molar-refractivity contribution in [2.24, 2.45) is 11.8 Å². The fraction of sp³-hybridized carbons (Fsp3) is 0.500. The van der Waals surface area contributed by atoms with Gasteiger partial charge in [-0.1, -0.05) is 11.6 Å². The number of carbonyl (C=O) groups excluding carboxylic acids is 1. The van der Waals surface area contributed by atoms with Gasteiger partial charge in [-0.05, 0) is 52.9 Å². The molecule has 1 amide bonds. The topological polar surface area (TPSA) is 40.5 Å². The number of hydrogen-bond donors (Lipinski definition) is 1. The number of hydrogen-bond acceptors (Lipinski definition) is 2. The van der Waals surface area contributed by atoms with Gasteiger partial charge in [-0.15, -0.1) is 0 Å². The van der Waals surface area contributed by atoms with E-state index in [4.69, 9.17) is 11.6 Å². The summed E-state index contributed by atoms with van der Waals surface area (Å²) in [7, 11) is 0. The first kappa shape index (κ1) is 13.4. The lowest BCUT2D eigenvalue weighted by atomic mass is 10.00. The Morgan fingerprint density at radius 2 is 2.16 bits per heavy atom. The predicted octanol–water partition coefficient (Wildman–Crippen LogP) is 2.95. The first-order chi connectivity index (χ1) is 9.06. The van der Waals surface area contributed by atoms with Gasteiger partial charge in [-0.25, -0.2) is 0 Å². The molecule has 1 saturated heterocycles. The normalized spacial score (nSPS) is 29.6. The van der Waals surface area contributed by atoms with E-state index in [9.17, 15) is 9.90 Å². The number of fused-ring (bicyclic) bond motifs is 1. The van der Waals surface area contributed by atoms with Gasteiger partial charge >= 0.3 is 0 Å². The van der Waals surface area contributed by atoms with Crippen molar-refractivity contribution < 1.29 is 9.90 Å². The van der Waals surface area contributed by atoms with Crippen molar-refractivity contribution in [3.05, 3.63) is 33.3 Å². The number of aliphatic hydroxyl groups excluding tert-OH is 1. The lowest BCUT2D eigenvalue weighted by Crippen LogP contribution is -2.31. The van der Waals surface area contributed by atoms with Gasteiger partial charge in [0, 0.05) is 29.0 Å². The number of nitrogens with zero attached hydrogens (tertiary/aromatic N) is 1. The third-order valence-electron chi connectivity index (χ3n) is 4.27. The lowest BCUT2D eigenvalue weighted by molar-refractivity contribution is 0.0752. The molecular weight excluding hydrogens is 330 g/mol. The van der Waals surface area contributed by atoms with Gasteiger partial charge < -0.3 is 10.0 Å². The van der Waals surface area contributed by atoms with Crippen LogP contribution in [0.4, 0.5) is 0 Å². The Kier molecular flexibility index (Phi) is 3.58. The number of likely N-dealkylation sites (tertiary alicyclic amines) is 1. The number of rotatable bonds is 1. The zero-order valence-electron chi connectivity index (χ0n) is 10.4. The fourth-order valence-electron chi connectivity index (χ4n) is 3.21. The summed E-state index contributed by atoms with van der Waals surface area (Å²) in [6.45, 7) is 1.44. The number of halogens is 2. The largest absolute Gasteiger partial charge is 0.393 e. The molecule has 1 heterocycles. The molecule has 1 aromatic rings. The molecule has 1 N–H and O–H groups in total. The maximum Gasteiger partial charge on any atom is 0.253 e. The standard InChI is InChI=1S/C14H15BrClNO2/c15-11-5-8(1-3-12(11)16)14(19)17-6-9-2-4-13(18)10(9)7-17/h1,3,5,9-10,13,18H,2,4,6-7H2. The van der Waals surface area contributed by atoms with Crippen molar-refractivity contribution in [3.8, 4) is 0 Å². The molecule has 5 heteroatoms. The molecule has 0 aromatic heterocycles. The molecule has 2 fully saturated rings. The average molecular weight is 345 g/mol. The van der Waals surface area contributed by atoms with Crippen molar-refractivity contribution >= 4 is 33.4 Å². The molecule has 3 rings (SSSR count). The van der Waals surface area contributed by atoms with E-state index in [1.807, 2.05) is 4.90 Å². The van der Waals surface area contributed by atoms with E-state index in [1.54, 1.807) is 18.2 Å². The first-order valence-electron chi connectivity index (χ1n) is 6.48. The van der Waals surface area contributed by atoms with Crippen LogP contribution in [0.3, 0.4) is 0 Å². The third-order valence-corrected chi connectivity index (χ3v) is 5.49. The summed E-state index contributed by atoms with van der Waals surface area (Å²) in [4.78, 5) is 14.3. The van der Waals surface area contributed by atoms with E-state index in [-0.39, 0.29) is 17.9 Å². The Labute approximate surface area is 125 Å². The Bertz CT molecular complexity index is 522. The van der Waals surface area contributed by atoms with Crippen LogP contribution in [0.5, 0.6) is 0 Å². The number of carbonyl (C=O) groups is 1. The van der Waals surface area contributed by atoms with E-state index in [1.165, 1.54) is 0 Å². The molecule has 1 aliphatic carbocycles.